The molecule has 51 heavy (non-hydrogen) atoms. The Bertz CT molecular complexity index is 959. The summed E-state index contributed by atoms with van der Waals surface area (Å²) in [6.45, 7) is 3.52. The molecule has 2 atom stereocenters. The molecule has 10 heteroatoms. The Kier molecular flexibility index (Phi) is 41.1. The summed E-state index contributed by atoms with van der Waals surface area (Å²) in [4.78, 5) is 44.6. The van der Waals surface area contributed by atoms with E-state index < -0.39 is 32.5 Å². The van der Waals surface area contributed by atoms with Gasteiger partial charge < -0.3 is 23.8 Å². The number of phosphoric acid groups is 1. The van der Waals surface area contributed by atoms with Gasteiger partial charge in [0.15, 0.2) is 6.10 Å². The number of hydrogen-bond donors (Lipinski definition) is 1. The first kappa shape index (κ1) is 52.1. The second kappa shape index (κ2) is 40.2. The summed E-state index contributed by atoms with van der Waals surface area (Å²) in [6, 6.07) is 0. The van der Waals surface area contributed by atoms with Crippen LogP contribution in [0.1, 0.15) is 181 Å². The van der Waals surface area contributed by atoms with Crippen molar-refractivity contribution in [1.29, 1.82) is 0 Å². The second-order valence-corrected chi connectivity index (χ2v) is 14.4. The molecule has 0 aromatic carbocycles. The maximum atomic E-state index is 12.3. The first-order valence-electron chi connectivity index (χ1n) is 19.9. The molecule has 0 saturated carbocycles. The first-order valence-corrected chi connectivity index (χ1v) is 21.4. The zero-order chi connectivity index (χ0) is 36.8. The largest absolute Gasteiger partial charge is 1.00 e. The molecular formula is C41H72NaO8P. The summed E-state index contributed by atoms with van der Waals surface area (Å²) in [6.07, 6.45) is 43.8. The number of ether oxygens (including phenoxy) is 2. The molecule has 0 aromatic heterocycles. The zero-order valence-electron chi connectivity index (χ0n) is 32.7. The van der Waals surface area contributed by atoms with Gasteiger partial charge in [0, 0.05) is 12.8 Å². The third-order valence-electron chi connectivity index (χ3n) is 8.35. The molecule has 0 rings (SSSR count). The summed E-state index contributed by atoms with van der Waals surface area (Å²) in [5, 5.41) is 0. The van der Waals surface area contributed by atoms with Gasteiger partial charge in [0.25, 0.3) is 7.82 Å². The van der Waals surface area contributed by atoms with Crippen molar-refractivity contribution in [3.8, 4) is 0 Å². The van der Waals surface area contributed by atoms with Crippen LogP contribution in [0.15, 0.2) is 48.6 Å². The van der Waals surface area contributed by atoms with Crippen LogP contribution in [0.3, 0.4) is 0 Å². The van der Waals surface area contributed by atoms with Gasteiger partial charge in [-0.2, -0.15) is 0 Å². The van der Waals surface area contributed by atoms with E-state index in [9.17, 15) is 19.0 Å². The van der Waals surface area contributed by atoms with Gasteiger partial charge in [-0.1, -0.05) is 165 Å². The summed E-state index contributed by atoms with van der Waals surface area (Å²) in [5.41, 5.74) is 0. The predicted molar refractivity (Wildman–Crippen MR) is 205 cm³/mol. The van der Waals surface area contributed by atoms with Gasteiger partial charge in [-0.05, 0) is 51.4 Å². The van der Waals surface area contributed by atoms with E-state index in [1.54, 1.807) is 0 Å². The Morgan fingerprint density at radius 1 is 0.569 bits per heavy atom. The number of carbonyl (C=O) groups is 2. The monoisotopic (exact) mass is 746 g/mol. The van der Waals surface area contributed by atoms with Crippen molar-refractivity contribution in [1.82, 2.24) is 0 Å². The van der Waals surface area contributed by atoms with E-state index in [4.69, 9.17) is 14.4 Å². The van der Waals surface area contributed by atoms with E-state index in [0.717, 1.165) is 32.1 Å². The number of unbranched alkanes of at least 4 members (excludes halogenated alkanes) is 18. The number of phosphoric ester groups is 1. The van der Waals surface area contributed by atoms with Gasteiger partial charge in [0.2, 0.25) is 0 Å². The number of rotatable bonds is 36. The van der Waals surface area contributed by atoms with Crippen LogP contribution in [0.5, 0.6) is 0 Å². The van der Waals surface area contributed by atoms with Crippen LogP contribution in [0, 0.1) is 0 Å². The van der Waals surface area contributed by atoms with E-state index in [-0.39, 0.29) is 49.0 Å². The number of allylic oxidation sites excluding steroid dienone is 8. The maximum Gasteiger partial charge on any atom is 1.00 e. The van der Waals surface area contributed by atoms with Crippen LogP contribution in [-0.2, 0) is 28.2 Å². The van der Waals surface area contributed by atoms with E-state index in [0.29, 0.717) is 19.3 Å². The molecule has 0 aliphatic heterocycles. The number of esters is 2. The first-order chi connectivity index (χ1) is 24.3. The molecule has 0 saturated heterocycles. The molecule has 8 nitrogen and oxygen atoms in total. The van der Waals surface area contributed by atoms with Crippen molar-refractivity contribution in [2.45, 2.75) is 187 Å². The van der Waals surface area contributed by atoms with Crippen LogP contribution in [0.4, 0.5) is 0 Å². The molecule has 0 radical (unpaired) electrons. The molecule has 290 valence electrons. The molecular weight excluding hydrogens is 674 g/mol. The van der Waals surface area contributed by atoms with E-state index in [1.807, 2.05) is 12.2 Å². The summed E-state index contributed by atoms with van der Waals surface area (Å²) < 4.78 is 26.0. The number of carbonyl (C=O) groups excluding carboxylic acids is 2. The van der Waals surface area contributed by atoms with E-state index >= 15 is 0 Å². The van der Waals surface area contributed by atoms with Gasteiger partial charge in [0.05, 0.1) is 6.61 Å². The van der Waals surface area contributed by atoms with Crippen molar-refractivity contribution in [2.24, 2.45) is 0 Å². The molecule has 1 unspecified atom stereocenters. The Labute approximate surface area is 334 Å². The smallest absolute Gasteiger partial charge is 0.756 e. The normalized spacial score (nSPS) is 13.6. The van der Waals surface area contributed by atoms with E-state index in [1.165, 1.54) is 103 Å². The third-order valence-corrected chi connectivity index (χ3v) is 8.82. The third kappa shape index (κ3) is 43.3. The van der Waals surface area contributed by atoms with Crippen LogP contribution in [-0.4, -0.2) is 36.1 Å². The van der Waals surface area contributed by atoms with Crippen molar-refractivity contribution >= 4 is 19.8 Å². The average Bonchev–Trinajstić information content (AvgIpc) is 3.08. The minimum atomic E-state index is -5.02. The zero-order valence-corrected chi connectivity index (χ0v) is 35.6. The summed E-state index contributed by atoms with van der Waals surface area (Å²) >= 11 is 0. The number of hydrogen-bond acceptors (Lipinski definition) is 7. The fourth-order valence-corrected chi connectivity index (χ4v) is 5.72. The molecule has 0 aromatic rings. The second-order valence-electron chi connectivity index (χ2n) is 13.2. The average molecular weight is 747 g/mol. The van der Waals surface area contributed by atoms with Crippen molar-refractivity contribution in [2.75, 3.05) is 13.2 Å². The molecule has 0 aliphatic carbocycles. The van der Waals surface area contributed by atoms with Gasteiger partial charge in [-0.25, -0.2) is 0 Å². The van der Waals surface area contributed by atoms with Crippen molar-refractivity contribution in [3.05, 3.63) is 48.6 Å². The Morgan fingerprint density at radius 2 is 0.961 bits per heavy atom. The van der Waals surface area contributed by atoms with E-state index in [2.05, 4.69) is 54.8 Å². The van der Waals surface area contributed by atoms with Crippen LogP contribution >= 0.6 is 7.82 Å². The quantitative estimate of drug-likeness (QED) is 0.0223. The fraction of sp³-hybridized carbons (Fsp3) is 0.756. The Hall–Kier alpha value is -0.990. The van der Waals surface area contributed by atoms with Crippen LogP contribution < -0.4 is 34.5 Å². The molecule has 0 spiro atoms. The molecule has 0 heterocycles. The van der Waals surface area contributed by atoms with Crippen LogP contribution in [0.2, 0.25) is 0 Å². The minimum Gasteiger partial charge on any atom is -0.756 e. The maximum absolute atomic E-state index is 12.3. The molecule has 0 bridgehead atoms. The topological polar surface area (TPSA) is 122 Å². The van der Waals surface area contributed by atoms with Crippen molar-refractivity contribution in [3.63, 3.8) is 0 Å². The predicted octanol–water partition coefficient (Wildman–Crippen LogP) is 8.33. The van der Waals surface area contributed by atoms with Gasteiger partial charge in [-0.15, -0.1) is 0 Å². The van der Waals surface area contributed by atoms with Gasteiger partial charge in [-0.3, -0.25) is 14.2 Å². The minimum absolute atomic E-state index is 0. The summed E-state index contributed by atoms with van der Waals surface area (Å²) in [7, 11) is -5.02. The molecule has 0 fully saturated rings. The Morgan fingerprint density at radius 3 is 1.43 bits per heavy atom. The SMILES string of the molecule is CCCCC/C=C/C/C=C/C/C=C/C/C=C/CCCC(=O)O[C@H](COC(=O)CCCCCCCCCCCCCCCCC)COP(=O)([O-])O.[Na+]. The van der Waals surface area contributed by atoms with Crippen molar-refractivity contribution < 1.29 is 67.5 Å². The summed E-state index contributed by atoms with van der Waals surface area (Å²) in [5.74, 6) is -0.984. The molecule has 0 amide bonds. The standard InChI is InChI=1S/C41H73O8P.Na/c1-3-5-7-9-11-13-15-17-19-20-22-24-26-28-30-32-34-36-41(43)49-39(38-48-50(44,45)46)37-47-40(42)35-33-31-29-27-25-23-21-18-16-14-12-10-8-6-4-2;/h11,13,17,19,22,24,28,30,39H,3-10,12,14-16,18,20-21,23,25-27,29,31-38H2,1-2H3,(H2,44,45,46);/q;+1/p-1/b13-11+,19-17+,24-22+,30-28+;/t39-;/m1./s1. The van der Waals surface area contributed by atoms with Gasteiger partial charge in [0.1, 0.15) is 6.61 Å². The fourth-order valence-electron chi connectivity index (χ4n) is 5.36. The molecule has 1 N–H and O–H groups in total. The van der Waals surface area contributed by atoms with Crippen LogP contribution in [0.25, 0.3) is 0 Å². The Balaban J connectivity index is 0. The molecule has 0 aliphatic rings. The van der Waals surface area contributed by atoms with Gasteiger partial charge >= 0.3 is 41.5 Å².